The molecule has 138 valence electrons. The molecule has 1 aliphatic heterocycles. The largest absolute Gasteiger partial charge is 0.456 e. The zero-order valence-electron chi connectivity index (χ0n) is 14.1. The fourth-order valence-electron chi connectivity index (χ4n) is 2.61. The van der Waals surface area contributed by atoms with Crippen molar-refractivity contribution in [2.75, 3.05) is 18.5 Å². The summed E-state index contributed by atoms with van der Waals surface area (Å²) in [5.41, 5.74) is 1.04. The van der Waals surface area contributed by atoms with E-state index in [1.165, 1.54) is 0 Å². The SMILES string of the molecule is O=C(COC(=O)CCN1C(=O)c2ccccc2C1=O)Nc1ccccc1Cl. The second-order valence-corrected chi connectivity index (χ2v) is 6.15. The topological polar surface area (TPSA) is 92.8 Å². The summed E-state index contributed by atoms with van der Waals surface area (Å²) in [4.78, 5) is 49.0. The normalized spacial score (nSPS) is 12.7. The van der Waals surface area contributed by atoms with Crippen molar-refractivity contribution >= 4 is 41.0 Å². The van der Waals surface area contributed by atoms with Crippen LogP contribution in [0.2, 0.25) is 5.02 Å². The lowest BCUT2D eigenvalue weighted by Gasteiger charge is -2.13. The number of para-hydroxylation sites is 1. The van der Waals surface area contributed by atoms with Crippen LogP contribution in [0.1, 0.15) is 27.1 Å². The van der Waals surface area contributed by atoms with Gasteiger partial charge < -0.3 is 10.1 Å². The van der Waals surface area contributed by atoms with Crippen LogP contribution >= 0.6 is 11.6 Å². The van der Waals surface area contributed by atoms with Gasteiger partial charge in [0.1, 0.15) is 0 Å². The van der Waals surface area contributed by atoms with Crippen molar-refractivity contribution in [3.8, 4) is 0 Å². The molecule has 0 radical (unpaired) electrons. The van der Waals surface area contributed by atoms with Gasteiger partial charge in [-0.25, -0.2) is 0 Å². The molecule has 0 saturated carbocycles. The zero-order valence-corrected chi connectivity index (χ0v) is 14.9. The monoisotopic (exact) mass is 386 g/mol. The number of rotatable bonds is 6. The number of carbonyl (C=O) groups is 4. The van der Waals surface area contributed by atoms with Crippen molar-refractivity contribution in [3.05, 3.63) is 64.7 Å². The van der Waals surface area contributed by atoms with Crippen molar-refractivity contribution < 1.29 is 23.9 Å². The molecule has 0 fully saturated rings. The van der Waals surface area contributed by atoms with Crippen LogP contribution in [0.15, 0.2) is 48.5 Å². The Balaban J connectivity index is 1.47. The van der Waals surface area contributed by atoms with Crippen LogP contribution in [0.4, 0.5) is 5.69 Å². The molecule has 3 rings (SSSR count). The maximum Gasteiger partial charge on any atom is 0.308 e. The molecule has 1 N–H and O–H groups in total. The van der Waals surface area contributed by atoms with Crippen molar-refractivity contribution in [3.63, 3.8) is 0 Å². The van der Waals surface area contributed by atoms with Gasteiger partial charge in [-0.2, -0.15) is 0 Å². The number of benzene rings is 2. The number of fused-ring (bicyclic) bond motifs is 1. The molecule has 27 heavy (non-hydrogen) atoms. The molecule has 0 aromatic heterocycles. The number of ether oxygens (including phenoxy) is 1. The number of esters is 1. The Hall–Kier alpha value is -3.19. The van der Waals surface area contributed by atoms with Crippen LogP contribution in [-0.2, 0) is 14.3 Å². The van der Waals surface area contributed by atoms with Gasteiger partial charge in [0.25, 0.3) is 17.7 Å². The van der Waals surface area contributed by atoms with Crippen molar-refractivity contribution in [2.45, 2.75) is 6.42 Å². The number of hydrogen-bond donors (Lipinski definition) is 1. The van der Waals surface area contributed by atoms with E-state index in [4.69, 9.17) is 16.3 Å². The summed E-state index contributed by atoms with van der Waals surface area (Å²) < 4.78 is 4.88. The van der Waals surface area contributed by atoms with Crippen LogP contribution in [0.25, 0.3) is 0 Å². The Bertz CT molecular complexity index is 893. The fraction of sp³-hybridized carbons (Fsp3) is 0.158. The van der Waals surface area contributed by atoms with Crippen molar-refractivity contribution in [1.29, 1.82) is 0 Å². The lowest BCUT2D eigenvalue weighted by atomic mass is 10.1. The average molecular weight is 387 g/mol. The van der Waals surface area contributed by atoms with E-state index in [1.54, 1.807) is 48.5 Å². The predicted molar refractivity (Wildman–Crippen MR) is 97.5 cm³/mol. The lowest BCUT2D eigenvalue weighted by molar-refractivity contribution is -0.147. The minimum Gasteiger partial charge on any atom is -0.456 e. The van der Waals surface area contributed by atoms with E-state index in [1.807, 2.05) is 0 Å². The third-order valence-corrected chi connectivity index (χ3v) is 4.26. The summed E-state index contributed by atoms with van der Waals surface area (Å²) in [7, 11) is 0. The second-order valence-electron chi connectivity index (χ2n) is 5.75. The van der Waals surface area contributed by atoms with Gasteiger partial charge in [0.15, 0.2) is 6.61 Å². The highest BCUT2D eigenvalue weighted by Gasteiger charge is 2.35. The first kappa shape index (κ1) is 18.6. The highest BCUT2D eigenvalue weighted by Crippen LogP contribution is 2.22. The van der Waals surface area contributed by atoms with Crippen LogP contribution in [0.3, 0.4) is 0 Å². The molecular formula is C19H15ClN2O5. The summed E-state index contributed by atoms with van der Waals surface area (Å²) in [5.74, 6) is -2.13. The molecule has 2 aromatic rings. The number of anilines is 1. The maximum atomic E-state index is 12.2. The number of nitrogens with zero attached hydrogens (tertiary/aromatic N) is 1. The number of nitrogens with one attached hydrogen (secondary N) is 1. The minimum absolute atomic E-state index is 0.114. The Labute approximate surface area is 159 Å². The van der Waals surface area contributed by atoms with Gasteiger partial charge in [0.05, 0.1) is 28.3 Å². The zero-order chi connectivity index (χ0) is 19.4. The summed E-state index contributed by atoms with van der Waals surface area (Å²) in [6.07, 6.45) is -0.204. The van der Waals surface area contributed by atoms with Gasteiger partial charge in [0, 0.05) is 6.54 Å². The van der Waals surface area contributed by atoms with Crippen LogP contribution in [0, 0.1) is 0 Å². The van der Waals surface area contributed by atoms with Gasteiger partial charge in [-0.05, 0) is 24.3 Å². The average Bonchev–Trinajstić information content (AvgIpc) is 2.91. The van der Waals surface area contributed by atoms with Crippen LogP contribution in [0.5, 0.6) is 0 Å². The molecule has 1 heterocycles. The highest BCUT2D eigenvalue weighted by atomic mass is 35.5. The van der Waals surface area contributed by atoms with E-state index in [0.717, 1.165) is 4.90 Å². The third-order valence-electron chi connectivity index (χ3n) is 3.93. The smallest absolute Gasteiger partial charge is 0.308 e. The van der Waals surface area contributed by atoms with E-state index >= 15 is 0 Å². The first-order valence-corrected chi connectivity index (χ1v) is 8.50. The van der Waals surface area contributed by atoms with Crippen LogP contribution < -0.4 is 5.32 Å². The fourth-order valence-corrected chi connectivity index (χ4v) is 2.80. The van der Waals surface area contributed by atoms with Gasteiger partial charge in [-0.15, -0.1) is 0 Å². The summed E-state index contributed by atoms with van der Waals surface area (Å²) >= 11 is 5.93. The predicted octanol–water partition coefficient (Wildman–Crippen LogP) is 2.51. The molecule has 3 amide bonds. The molecule has 0 bridgehead atoms. The summed E-state index contributed by atoms with van der Waals surface area (Å²) in [6.45, 7) is -0.608. The molecule has 2 aromatic carbocycles. The van der Waals surface area contributed by atoms with Gasteiger partial charge in [-0.3, -0.25) is 24.1 Å². The van der Waals surface area contributed by atoms with Crippen LogP contribution in [-0.4, -0.2) is 41.7 Å². The van der Waals surface area contributed by atoms with Crippen molar-refractivity contribution in [2.24, 2.45) is 0 Å². The number of imide groups is 1. The highest BCUT2D eigenvalue weighted by molar-refractivity contribution is 6.33. The van der Waals surface area contributed by atoms with Crippen molar-refractivity contribution in [1.82, 2.24) is 4.90 Å². The maximum absolute atomic E-state index is 12.2. The van der Waals surface area contributed by atoms with E-state index in [2.05, 4.69) is 5.32 Å². The summed E-state index contributed by atoms with van der Waals surface area (Å²) in [5, 5.41) is 2.89. The lowest BCUT2D eigenvalue weighted by Crippen LogP contribution is -2.32. The van der Waals surface area contributed by atoms with Gasteiger partial charge >= 0.3 is 5.97 Å². The van der Waals surface area contributed by atoms with Gasteiger partial charge in [-0.1, -0.05) is 35.9 Å². The van der Waals surface area contributed by atoms with E-state index in [-0.39, 0.29) is 13.0 Å². The number of hydrogen-bond acceptors (Lipinski definition) is 5. The van der Waals surface area contributed by atoms with E-state index in [0.29, 0.717) is 21.8 Å². The van der Waals surface area contributed by atoms with E-state index < -0.39 is 30.3 Å². The molecule has 0 saturated heterocycles. The molecule has 0 aliphatic carbocycles. The first-order chi connectivity index (χ1) is 13.0. The number of carbonyl (C=O) groups excluding carboxylic acids is 4. The molecule has 0 unspecified atom stereocenters. The Morgan fingerprint density at radius 2 is 1.56 bits per heavy atom. The molecule has 1 aliphatic rings. The number of amides is 3. The second kappa shape index (κ2) is 8.01. The number of halogens is 1. The molecule has 8 heteroatoms. The third kappa shape index (κ3) is 4.15. The first-order valence-electron chi connectivity index (χ1n) is 8.12. The summed E-state index contributed by atoms with van der Waals surface area (Å²) in [6, 6.07) is 13.1. The van der Waals surface area contributed by atoms with Gasteiger partial charge in [0.2, 0.25) is 0 Å². The molecular weight excluding hydrogens is 372 g/mol. The Morgan fingerprint density at radius 3 is 2.19 bits per heavy atom. The Morgan fingerprint density at radius 1 is 0.963 bits per heavy atom. The molecule has 0 spiro atoms. The molecule has 7 nitrogen and oxygen atoms in total. The quantitative estimate of drug-likeness (QED) is 0.608. The molecule has 0 atom stereocenters. The van der Waals surface area contributed by atoms with E-state index in [9.17, 15) is 19.2 Å². The Kier molecular flexibility index (Phi) is 5.52. The minimum atomic E-state index is -0.694. The standard InChI is InChI=1S/C19H15ClN2O5/c20-14-7-3-4-8-15(14)21-16(23)11-27-17(24)9-10-22-18(25)12-5-1-2-6-13(12)19(22)26/h1-8H,9-11H2,(H,21,23).